The molecule has 0 spiro atoms. The SMILES string of the molecule is NC(=O)C[C@@H]1C[C@@H](COc2ccc(-c3ccc(C(N)=O)cc3)cc2)N(CCCc2ccccc2)C1=O. The molecule has 36 heavy (non-hydrogen) atoms. The number of carbonyl (C=O) groups is 3. The molecule has 3 amide bonds. The molecular weight excluding hydrogens is 454 g/mol. The van der Waals surface area contributed by atoms with Crippen LogP contribution in [0.2, 0.25) is 0 Å². The van der Waals surface area contributed by atoms with Crippen molar-refractivity contribution in [1.82, 2.24) is 4.90 Å². The summed E-state index contributed by atoms with van der Waals surface area (Å²) >= 11 is 0. The van der Waals surface area contributed by atoms with Crippen molar-refractivity contribution in [2.45, 2.75) is 31.7 Å². The van der Waals surface area contributed by atoms with Crippen LogP contribution in [0.1, 0.15) is 35.2 Å². The van der Waals surface area contributed by atoms with Crippen LogP contribution < -0.4 is 16.2 Å². The number of primary amides is 2. The second-order valence-electron chi connectivity index (χ2n) is 9.15. The number of ether oxygens (including phenoxy) is 1. The lowest BCUT2D eigenvalue weighted by Gasteiger charge is -2.25. The first-order valence-electron chi connectivity index (χ1n) is 12.2. The molecule has 1 saturated heterocycles. The van der Waals surface area contributed by atoms with Gasteiger partial charge in [-0.05, 0) is 60.2 Å². The summed E-state index contributed by atoms with van der Waals surface area (Å²) in [6, 6.07) is 24.8. The smallest absolute Gasteiger partial charge is 0.248 e. The van der Waals surface area contributed by atoms with Crippen molar-refractivity contribution >= 4 is 17.7 Å². The fraction of sp³-hybridized carbons (Fsp3) is 0.276. The van der Waals surface area contributed by atoms with Gasteiger partial charge >= 0.3 is 0 Å². The molecule has 4 rings (SSSR count). The summed E-state index contributed by atoms with van der Waals surface area (Å²) in [4.78, 5) is 37.6. The fourth-order valence-electron chi connectivity index (χ4n) is 4.70. The first-order chi connectivity index (χ1) is 17.4. The zero-order chi connectivity index (χ0) is 25.5. The first kappa shape index (κ1) is 25.0. The number of aryl methyl sites for hydroxylation is 1. The minimum atomic E-state index is -0.460. The third-order valence-electron chi connectivity index (χ3n) is 6.58. The largest absolute Gasteiger partial charge is 0.491 e. The van der Waals surface area contributed by atoms with Gasteiger partial charge in [0.1, 0.15) is 12.4 Å². The molecule has 7 heteroatoms. The van der Waals surface area contributed by atoms with Crippen LogP contribution in [-0.4, -0.2) is 41.8 Å². The maximum atomic E-state index is 13.0. The normalized spacial score (nSPS) is 17.2. The van der Waals surface area contributed by atoms with Crippen molar-refractivity contribution in [3.8, 4) is 16.9 Å². The minimum absolute atomic E-state index is 0.0229. The highest BCUT2D eigenvalue weighted by Gasteiger charge is 2.40. The Labute approximate surface area is 211 Å². The fourth-order valence-corrected chi connectivity index (χ4v) is 4.70. The summed E-state index contributed by atoms with van der Waals surface area (Å²) in [5.74, 6) is -0.632. The number of amides is 3. The number of likely N-dealkylation sites (tertiary alicyclic amines) is 1. The molecule has 0 unspecified atom stereocenters. The van der Waals surface area contributed by atoms with E-state index >= 15 is 0 Å². The predicted octanol–water partition coefficient (Wildman–Crippen LogP) is 3.56. The standard InChI is InChI=1S/C29H31N3O4/c30-27(33)18-24-17-25(32(29(24)35)16-4-7-20-5-2-1-3-6-20)19-36-26-14-12-22(13-15-26)21-8-10-23(11-9-21)28(31)34/h1-3,5-6,8-15,24-25H,4,7,16-19H2,(H2,30,33)(H2,31,34)/t24-,25-/m0/s1. The van der Waals surface area contributed by atoms with E-state index < -0.39 is 17.7 Å². The molecule has 4 N–H and O–H groups in total. The topological polar surface area (TPSA) is 116 Å². The second kappa shape index (κ2) is 11.5. The quantitative estimate of drug-likeness (QED) is 0.432. The highest BCUT2D eigenvalue weighted by atomic mass is 16.5. The molecule has 1 aliphatic rings. The summed E-state index contributed by atoms with van der Waals surface area (Å²) in [5, 5.41) is 0. The Morgan fingerprint density at radius 3 is 2.14 bits per heavy atom. The Morgan fingerprint density at radius 1 is 0.889 bits per heavy atom. The average molecular weight is 486 g/mol. The van der Waals surface area contributed by atoms with Crippen molar-refractivity contribution in [2.75, 3.05) is 13.2 Å². The van der Waals surface area contributed by atoms with Gasteiger partial charge in [-0.25, -0.2) is 0 Å². The van der Waals surface area contributed by atoms with Gasteiger partial charge in [0.05, 0.1) is 6.04 Å². The summed E-state index contributed by atoms with van der Waals surface area (Å²) in [6.07, 6.45) is 2.32. The molecule has 0 saturated carbocycles. The maximum Gasteiger partial charge on any atom is 0.248 e. The van der Waals surface area contributed by atoms with Crippen molar-refractivity contribution in [2.24, 2.45) is 17.4 Å². The van der Waals surface area contributed by atoms with E-state index in [1.807, 2.05) is 59.5 Å². The number of rotatable bonds is 11. The number of hydrogen-bond donors (Lipinski definition) is 2. The Hall–Kier alpha value is -4.13. The number of nitrogens with zero attached hydrogens (tertiary/aromatic N) is 1. The molecule has 1 aliphatic heterocycles. The van der Waals surface area contributed by atoms with E-state index in [0.29, 0.717) is 30.9 Å². The molecule has 1 heterocycles. The highest BCUT2D eigenvalue weighted by Crippen LogP contribution is 2.29. The molecule has 7 nitrogen and oxygen atoms in total. The number of hydrogen-bond acceptors (Lipinski definition) is 4. The van der Waals surface area contributed by atoms with Crippen LogP contribution >= 0.6 is 0 Å². The van der Waals surface area contributed by atoms with E-state index in [9.17, 15) is 14.4 Å². The van der Waals surface area contributed by atoms with E-state index in [-0.39, 0.29) is 18.4 Å². The third kappa shape index (κ3) is 6.30. The van der Waals surface area contributed by atoms with Gasteiger partial charge in [-0.1, -0.05) is 54.6 Å². The van der Waals surface area contributed by atoms with E-state index in [0.717, 1.165) is 24.0 Å². The van der Waals surface area contributed by atoms with Crippen LogP contribution in [0.15, 0.2) is 78.9 Å². The lowest BCUT2D eigenvalue weighted by atomic mass is 10.0. The summed E-state index contributed by atoms with van der Waals surface area (Å²) in [6.45, 7) is 0.955. The van der Waals surface area contributed by atoms with Gasteiger partial charge in [-0.3, -0.25) is 14.4 Å². The third-order valence-corrected chi connectivity index (χ3v) is 6.58. The molecule has 0 aliphatic carbocycles. The molecule has 0 bridgehead atoms. The van der Waals surface area contributed by atoms with Gasteiger partial charge in [-0.2, -0.15) is 0 Å². The lowest BCUT2D eigenvalue weighted by Crippen LogP contribution is -2.38. The Balaban J connectivity index is 1.37. The van der Waals surface area contributed by atoms with E-state index in [2.05, 4.69) is 12.1 Å². The monoisotopic (exact) mass is 485 g/mol. The Bertz CT molecular complexity index is 1190. The number of nitrogens with two attached hydrogens (primary N) is 2. The average Bonchev–Trinajstić information content (AvgIpc) is 3.17. The molecule has 3 aromatic rings. The summed E-state index contributed by atoms with van der Waals surface area (Å²) < 4.78 is 6.06. The van der Waals surface area contributed by atoms with Crippen molar-refractivity contribution in [1.29, 1.82) is 0 Å². The molecule has 186 valence electrons. The summed E-state index contributed by atoms with van der Waals surface area (Å²) in [5.41, 5.74) is 14.3. The van der Waals surface area contributed by atoms with Gasteiger partial charge < -0.3 is 21.1 Å². The second-order valence-corrected chi connectivity index (χ2v) is 9.15. The van der Waals surface area contributed by atoms with Crippen LogP contribution in [0.4, 0.5) is 0 Å². The highest BCUT2D eigenvalue weighted by molar-refractivity contribution is 5.93. The maximum absolute atomic E-state index is 13.0. The first-order valence-corrected chi connectivity index (χ1v) is 12.2. The van der Waals surface area contributed by atoms with Crippen LogP contribution in [0, 0.1) is 5.92 Å². The number of benzene rings is 3. The van der Waals surface area contributed by atoms with Crippen molar-refractivity contribution in [3.05, 3.63) is 90.0 Å². The van der Waals surface area contributed by atoms with Gasteiger partial charge in [0, 0.05) is 24.4 Å². The zero-order valence-corrected chi connectivity index (χ0v) is 20.1. The van der Waals surface area contributed by atoms with Gasteiger partial charge in [0.15, 0.2) is 0 Å². The molecule has 2 atom stereocenters. The molecule has 0 aromatic heterocycles. The van der Waals surface area contributed by atoms with E-state index in [1.54, 1.807) is 12.1 Å². The van der Waals surface area contributed by atoms with Gasteiger partial charge in [0.25, 0.3) is 0 Å². The number of carbonyl (C=O) groups excluding carboxylic acids is 3. The van der Waals surface area contributed by atoms with Gasteiger partial charge in [0.2, 0.25) is 17.7 Å². The lowest BCUT2D eigenvalue weighted by molar-refractivity contribution is -0.134. The van der Waals surface area contributed by atoms with Crippen LogP contribution in [0.25, 0.3) is 11.1 Å². The molecular formula is C29H31N3O4. The molecule has 3 aromatic carbocycles. The minimum Gasteiger partial charge on any atom is -0.491 e. The van der Waals surface area contributed by atoms with Gasteiger partial charge in [-0.15, -0.1) is 0 Å². The van der Waals surface area contributed by atoms with Crippen LogP contribution in [-0.2, 0) is 16.0 Å². The predicted molar refractivity (Wildman–Crippen MR) is 138 cm³/mol. The van der Waals surface area contributed by atoms with Crippen LogP contribution in [0.5, 0.6) is 5.75 Å². The molecule has 1 fully saturated rings. The van der Waals surface area contributed by atoms with Crippen LogP contribution in [0.3, 0.4) is 0 Å². The Morgan fingerprint density at radius 2 is 1.53 bits per heavy atom. The van der Waals surface area contributed by atoms with Crippen molar-refractivity contribution in [3.63, 3.8) is 0 Å². The Kier molecular flexibility index (Phi) is 8.00. The van der Waals surface area contributed by atoms with E-state index in [1.165, 1.54) is 5.56 Å². The summed E-state index contributed by atoms with van der Waals surface area (Å²) in [7, 11) is 0. The van der Waals surface area contributed by atoms with Crippen molar-refractivity contribution < 1.29 is 19.1 Å². The van der Waals surface area contributed by atoms with E-state index in [4.69, 9.17) is 16.2 Å². The molecule has 0 radical (unpaired) electrons. The zero-order valence-electron chi connectivity index (χ0n) is 20.1.